The summed E-state index contributed by atoms with van der Waals surface area (Å²) in [5.74, 6) is 4.46. The van der Waals surface area contributed by atoms with Gasteiger partial charge in [-0.2, -0.15) is 40.2 Å². The fraction of sp³-hybridized carbons (Fsp3) is 0.481. The van der Waals surface area contributed by atoms with Crippen LogP contribution in [0.4, 0.5) is 59.3 Å². The molecular formula is C52H60F10N10O8S. The topological polar surface area (TPSA) is 213 Å². The lowest BCUT2D eigenvalue weighted by Crippen LogP contribution is -2.63. The summed E-state index contributed by atoms with van der Waals surface area (Å²) in [7, 11) is -0.796. The number of halogens is 10. The molecule has 2 saturated heterocycles. The fourth-order valence-electron chi connectivity index (χ4n) is 9.26. The number of benzene rings is 2. The summed E-state index contributed by atoms with van der Waals surface area (Å²) in [6, 6.07) is 4.21. The van der Waals surface area contributed by atoms with Gasteiger partial charge in [0.2, 0.25) is 5.91 Å². The molecule has 0 saturated carbocycles. The first kappa shape index (κ1) is 63.0. The molecular weight excluding hydrogens is 1110 g/mol. The lowest BCUT2D eigenvalue weighted by Gasteiger charge is -2.41. The molecule has 2 aliphatic rings. The van der Waals surface area contributed by atoms with E-state index in [1.165, 1.54) is 24.3 Å². The number of hydrazine groups is 1. The van der Waals surface area contributed by atoms with Crippen LogP contribution in [-0.4, -0.2) is 152 Å². The van der Waals surface area contributed by atoms with Crippen molar-refractivity contribution in [3.63, 3.8) is 0 Å². The van der Waals surface area contributed by atoms with Gasteiger partial charge >= 0.3 is 31.1 Å². The monoisotopic (exact) mass is 1170 g/mol. The van der Waals surface area contributed by atoms with Crippen molar-refractivity contribution < 1.29 is 81.9 Å². The van der Waals surface area contributed by atoms with E-state index in [-0.39, 0.29) is 33.5 Å². The molecule has 0 radical (unpaired) electrons. The van der Waals surface area contributed by atoms with Gasteiger partial charge in [-0.1, -0.05) is 24.0 Å². The van der Waals surface area contributed by atoms with Crippen LogP contribution in [0.15, 0.2) is 67.1 Å². The van der Waals surface area contributed by atoms with Crippen LogP contribution in [-0.2, 0) is 41.7 Å². The zero-order valence-corrected chi connectivity index (χ0v) is 45.5. The van der Waals surface area contributed by atoms with Crippen molar-refractivity contribution in [2.45, 2.75) is 109 Å². The van der Waals surface area contributed by atoms with E-state index >= 15 is 8.78 Å². The van der Waals surface area contributed by atoms with Gasteiger partial charge in [0.1, 0.15) is 29.5 Å². The number of hydrogen-bond donors (Lipinski definition) is 5. The van der Waals surface area contributed by atoms with Crippen LogP contribution in [0.25, 0.3) is 11.1 Å². The second-order valence-corrected chi connectivity index (χ2v) is 23.0. The van der Waals surface area contributed by atoms with E-state index in [4.69, 9.17) is 0 Å². The zero-order chi connectivity index (χ0) is 60.2. The number of nitrogens with one attached hydrogen (secondary N) is 4. The van der Waals surface area contributed by atoms with Crippen LogP contribution < -0.4 is 26.3 Å². The van der Waals surface area contributed by atoms with Gasteiger partial charge in [-0.05, 0) is 100 Å². The predicted octanol–water partition coefficient (Wildman–Crippen LogP) is 6.48. The van der Waals surface area contributed by atoms with Crippen molar-refractivity contribution in [2.24, 2.45) is 10.8 Å². The third-order valence-electron chi connectivity index (χ3n) is 14.1. The van der Waals surface area contributed by atoms with E-state index in [2.05, 4.69) is 47.5 Å². The minimum Gasteiger partial charge on any atom is -0.453 e. The first-order chi connectivity index (χ1) is 37.6. The number of ether oxygens (including phenoxy) is 2. The number of alkyl carbamates (subject to hydrolysis) is 2. The molecule has 2 aromatic heterocycles. The van der Waals surface area contributed by atoms with Crippen LogP contribution in [0.1, 0.15) is 69.3 Å². The molecule has 0 aliphatic carbocycles. The molecule has 81 heavy (non-hydrogen) atoms. The number of pyridine rings is 1. The number of amides is 4. The van der Waals surface area contributed by atoms with Crippen molar-refractivity contribution in [3.05, 3.63) is 101 Å². The molecule has 2 aliphatic heterocycles. The third kappa shape index (κ3) is 15.1. The summed E-state index contributed by atoms with van der Waals surface area (Å²) < 4.78 is 170. The summed E-state index contributed by atoms with van der Waals surface area (Å²) >= 11 is 0. The highest BCUT2D eigenvalue weighted by Crippen LogP contribution is 2.42. The standard InChI is InChI=1S/C52H60F10N10O8S/c1-49(2,51(57,58)59)42(66-47(76)79-5)44(74)65-39(19-30-12-9-29(10-13-30)11-14-31-15-18-41(63-22-31)69-25-34-16-17-35(26-69)72(34)81(7,8)78)40(73)28-70(68-45(75)43(67-48(77)80-6)50(3,4)52(60,61)62)27-36-37(53)20-32(21-38(36)54)33-23-64-71(24-33)46(55)56/h9-10,12-13,15,18,20-24,34-35,39-40,42-43,46,73H,7,16-17,19,25-28H2,1-6,8H3,(H,65,74)(H,66,76)(H,67,77)(H,68,75)/t34?,35?,39-,40-,42+,43+,81?/m0/s1. The summed E-state index contributed by atoms with van der Waals surface area (Å²) in [4.78, 5) is 59.6. The maximum atomic E-state index is 16.0. The minimum atomic E-state index is -5.24. The number of carbonyl (C=O) groups excluding carboxylic acids is 4. The molecule has 2 bridgehead atoms. The molecule has 6 rings (SSSR count). The number of aromatic nitrogens is 3. The van der Waals surface area contributed by atoms with Gasteiger partial charge in [0.05, 0.1) is 43.4 Å². The number of aliphatic hydroxyl groups excluding tert-OH is 1. The Bertz CT molecular complexity index is 3060. The zero-order valence-electron chi connectivity index (χ0n) is 44.7. The molecule has 18 nitrogen and oxygen atoms in total. The van der Waals surface area contributed by atoms with E-state index in [0.717, 1.165) is 39.5 Å². The number of rotatable bonds is 19. The van der Waals surface area contributed by atoms with Gasteiger partial charge in [-0.25, -0.2) is 37.3 Å². The number of nitrogens with zero attached hydrogens (tertiary/aromatic N) is 6. The normalized spacial score (nSPS) is 18.2. The molecule has 7 atom stereocenters. The Hall–Kier alpha value is -7.16. The number of aliphatic hydroxyl groups is 1. The average molecular weight is 1180 g/mol. The van der Waals surface area contributed by atoms with E-state index in [1.54, 1.807) is 23.8 Å². The second-order valence-electron chi connectivity index (χ2n) is 20.7. The van der Waals surface area contributed by atoms with Crippen LogP contribution in [0.2, 0.25) is 0 Å². The van der Waals surface area contributed by atoms with Crippen molar-refractivity contribution in [1.82, 2.24) is 45.5 Å². The Morgan fingerprint density at radius 3 is 1.79 bits per heavy atom. The van der Waals surface area contributed by atoms with Gasteiger partial charge in [0, 0.05) is 88.9 Å². The largest absolute Gasteiger partial charge is 0.453 e. The number of piperazine rings is 1. The van der Waals surface area contributed by atoms with Crippen molar-refractivity contribution in [2.75, 3.05) is 45.0 Å². The first-order valence-electron chi connectivity index (χ1n) is 24.7. The van der Waals surface area contributed by atoms with Gasteiger partial charge in [0.25, 0.3) is 5.91 Å². The maximum Gasteiger partial charge on any atom is 0.407 e. The maximum absolute atomic E-state index is 16.0. The van der Waals surface area contributed by atoms with Crippen LogP contribution >= 0.6 is 0 Å². The lowest BCUT2D eigenvalue weighted by atomic mass is 9.82. The first-order valence-corrected chi connectivity index (χ1v) is 26.8. The Balaban J connectivity index is 1.33. The molecule has 29 heteroatoms. The molecule has 2 fully saturated rings. The Kier molecular flexibility index (Phi) is 19.4. The fourth-order valence-corrected chi connectivity index (χ4v) is 10.9. The number of fused-ring (bicyclic) bond motifs is 2. The van der Waals surface area contributed by atoms with E-state index < -0.39 is 124 Å². The number of anilines is 1. The number of carbonyl (C=O) groups is 4. The highest BCUT2D eigenvalue weighted by Gasteiger charge is 2.57. The van der Waals surface area contributed by atoms with Crippen LogP contribution in [0.3, 0.4) is 0 Å². The highest BCUT2D eigenvalue weighted by atomic mass is 32.2. The molecule has 3 unspecified atom stereocenters. The minimum absolute atomic E-state index is 0.0677. The van der Waals surface area contributed by atoms with Crippen molar-refractivity contribution in [1.29, 1.82) is 0 Å². The Morgan fingerprint density at radius 1 is 0.802 bits per heavy atom. The van der Waals surface area contributed by atoms with E-state index in [0.29, 0.717) is 74.9 Å². The molecule has 5 N–H and O–H groups in total. The molecule has 442 valence electrons. The predicted molar refractivity (Wildman–Crippen MR) is 276 cm³/mol. The lowest BCUT2D eigenvalue weighted by molar-refractivity contribution is -0.221. The quantitative estimate of drug-likeness (QED) is 0.0296. The number of methoxy groups -OCH3 is 2. The van der Waals surface area contributed by atoms with Gasteiger partial charge in [-0.3, -0.25) is 19.2 Å². The van der Waals surface area contributed by atoms with E-state index in [1.807, 2.05) is 21.1 Å². The second kappa shape index (κ2) is 24.9. The molecule has 0 spiro atoms. The number of alkyl halides is 8. The van der Waals surface area contributed by atoms with Gasteiger partial charge < -0.3 is 35.4 Å². The third-order valence-corrected chi connectivity index (χ3v) is 15.6. The Labute approximate surface area is 460 Å². The van der Waals surface area contributed by atoms with E-state index in [9.17, 15) is 63.6 Å². The molecule has 4 heterocycles. The van der Waals surface area contributed by atoms with Crippen molar-refractivity contribution >= 4 is 45.4 Å². The highest BCUT2D eigenvalue weighted by molar-refractivity contribution is 7.97. The molecule has 2 aromatic carbocycles. The summed E-state index contributed by atoms with van der Waals surface area (Å²) in [5.41, 5.74) is -4.37. The summed E-state index contributed by atoms with van der Waals surface area (Å²) in [6.45, 7) is -1.95. The smallest absolute Gasteiger partial charge is 0.407 e. The molecule has 4 amide bonds. The van der Waals surface area contributed by atoms with Gasteiger partial charge in [0.15, 0.2) is 0 Å². The van der Waals surface area contributed by atoms with Gasteiger partial charge in [-0.15, -0.1) is 0 Å². The Morgan fingerprint density at radius 2 is 1.32 bits per heavy atom. The van der Waals surface area contributed by atoms with Crippen molar-refractivity contribution in [3.8, 4) is 23.0 Å². The summed E-state index contributed by atoms with van der Waals surface area (Å²) in [6.07, 6.45) is -9.44. The molecule has 4 aromatic rings. The number of hydrogen-bond acceptors (Lipinski definition) is 12. The van der Waals surface area contributed by atoms with Crippen LogP contribution in [0.5, 0.6) is 0 Å². The average Bonchev–Trinajstić information content (AvgIpc) is 4.23. The van der Waals surface area contributed by atoms with Crippen LogP contribution in [0, 0.1) is 34.3 Å². The SMILES string of the molecule is C=S(C)(=O)N1C2CCC1CN(c1ccc(C#Cc3ccc(C[C@H](NC(=O)[C@@H](NC(=O)OC)C(C)(C)C(F)(F)F)[C@@H](O)CN(Cc4c(F)cc(-c5cnn(C(F)F)c5)cc4F)NC(=O)[C@@H](NC(=O)OC)C(C)(C)C(F)(F)F)cc3)cn1)C2. The summed E-state index contributed by atoms with van der Waals surface area (Å²) in [5, 5.41) is 21.9.